The van der Waals surface area contributed by atoms with Gasteiger partial charge in [-0.3, -0.25) is 4.68 Å². The summed E-state index contributed by atoms with van der Waals surface area (Å²) in [5.41, 5.74) is 0.655. The summed E-state index contributed by atoms with van der Waals surface area (Å²) in [6.45, 7) is 0.171. The Bertz CT molecular complexity index is 580. The van der Waals surface area contributed by atoms with Gasteiger partial charge in [0.25, 0.3) is 0 Å². The quantitative estimate of drug-likeness (QED) is 0.923. The molecule has 18 heavy (non-hydrogen) atoms. The first-order valence-electron chi connectivity index (χ1n) is 5.21. The average molecular weight is 267 g/mol. The molecule has 0 aliphatic carbocycles. The molecule has 2 aromatic rings. The van der Waals surface area contributed by atoms with E-state index in [9.17, 15) is 4.79 Å². The highest BCUT2D eigenvalue weighted by Crippen LogP contribution is 2.23. The van der Waals surface area contributed by atoms with Crippen molar-refractivity contribution in [2.45, 2.75) is 6.61 Å². The zero-order valence-corrected chi connectivity index (χ0v) is 10.4. The maximum Gasteiger partial charge on any atom is 0.354 e. The topological polar surface area (TPSA) is 64.4 Å². The van der Waals surface area contributed by atoms with Gasteiger partial charge < -0.3 is 9.84 Å². The van der Waals surface area contributed by atoms with Gasteiger partial charge in [0.15, 0.2) is 0 Å². The SMILES string of the molecule is Cn1nc(COc2ccccc2Cl)cc1C(=O)O. The lowest BCUT2D eigenvalue weighted by atomic mass is 10.3. The molecule has 0 bridgehead atoms. The predicted octanol–water partition coefficient (Wildman–Crippen LogP) is 2.35. The van der Waals surface area contributed by atoms with Gasteiger partial charge in [-0.25, -0.2) is 4.79 Å². The molecular formula is C12H11ClN2O3. The van der Waals surface area contributed by atoms with Crippen molar-refractivity contribution in [3.05, 3.63) is 46.7 Å². The van der Waals surface area contributed by atoms with E-state index in [4.69, 9.17) is 21.4 Å². The molecule has 0 aliphatic rings. The van der Waals surface area contributed by atoms with Crippen molar-refractivity contribution < 1.29 is 14.6 Å². The van der Waals surface area contributed by atoms with E-state index in [1.54, 1.807) is 25.2 Å². The molecule has 0 saturated heterocycles. The second-order valence-electron chi connectivity index (χ2n) is 3.67. The third-order valence-corrected chi connectivity index (χ3v) is 2.67. The van der Waals surface area contributed by atoms with Crippen LogP contribution in [0.5, 0.6) is 5.75 Å². The first-order chi connectivity index (χ1) is 8.58. The Morgan fingerprint density at radius 1 is 1.50 bits per heavy atom. The number of hydrogen-bond acceptors (Lipinski definition) is 3. The summed E-state index contributed by atoms with van der Waals surface area (Å²) in [6, 6.07) is 8.54. The Hall–Kier alpha value is -2.01. The number of carboxylic acid groups (broad SMARTS) is 1. The molecule has 1 N–H and O–H groups in total. The number of carboxylic acids is 1. The first kappa shape index (κ1) is 12.4. The van der Waals surface area contributed by atoms with Crippen LogP contribution in [0.15, 0.2) is 30.3 Å². The Kier molecular flexibility index (Phi) is 3.53. The lowest BCUT2D eigenvalue weighted by molar-refractivity contribution is 0.0685. The maximum atomic E-state index is 10.8. The van der Waals surface area contributed by atoms with E-state index in [1.165, 1.54) is 10.7 Å². The van der Waals surface area contributed by atoms with Crippen LogP contribution < -0.4 is 4.74 Å². The van der Waals surface area contributed by atoms with Gasteiger partial charge in [-0.2, -0.15) is 5.10 Å². The molecule has 1 aromatic heterocycles. The van der Waals surface area contributed by atoms with E-state index in [-0.39, 0.29) is 12.3 Å². The molecule has 94 valence electrons. The number of nitrogens with zero attached hydrogens (tertiary/aromatic N) is 2. The van der Waals surface area contributed by atoms with Gasteiger partial charge in [-0.15, -0.1) is 0 Å². The van der Waals surface area contributed by atoms with Crippen molar-refractivity contribution in [2.24, 2.45) is 7.05 Å². The Labute approximate surface area is 109 Å². The molecule has 2 rings (SSSR count). The van der Waals surface area contributed by atoms with E-state index in [2.05, 4.69) is 5.10 Å². The molecule has 0 saturated carbocycles. The van der Waals surface area contributed by atoms with Crippen LogP contribution in [0.4, 0.5) is 0 Å². The lowest BCUT2D eigenvalue weighted by Gasteiger charge is -2.05. The Morgan fingerprint density at radius 2 is 2.22 bits per heavy atom. The number of rotatable bonds is 4. The molecule has 0 unspecified atom stereocenters. The van der Waals surface area contributed by atoms with Crippen LogP contribution >= 0.6 is 11.6 Å². The largest absolute Gasteiger partial charge is 0.486 e. The Morgan fingerprint density at radius 3 is 2.83 bits per heavy atom. The molecule has 0 amide bonds. The highest BCUT2D eigenvalue weighted by molar-refractivity contribution is 6.32. The number of benzene rings is 1. The lowest BCUT2D eigenvalue weighted by Crippen LogP contribution is -2.04. The number of aromatic carboxylic acids is 1. The highest BCUT2D eigenvalue weighted by atomic mass is 35.5. The summed E-state index contributed by atoms with van der Waals surface area (Å²) in [7, 11) is 1.57. The summed E-state index contributed by atoms with van der Waals surface area (Å²) in [5.74, 6) is -0.476. The third kappa shape index (κ3) is 2.62. The fourth-order valence-electron chi connectivity index (χ4n) is 1.51. The molecule has 1 heterocycles. The number of aromatic nitrogens is 2. The summed E-state index contributed by atoms with van der Waals surface area (Å²) in [4.78, 5) is 10.8. The normalized spacial score (nSPS) is 10.3. The molecule has 0 atom stereocenters. The molecule has 0 radical (unpaired) electrons. The van der Waals surface area contributed by atoms with E-state index < -0.39 is 5.97 Å². The van der Waals surface area contributed by atoms with Crippen LogP contribution in [0.25, 0.3) is 0 Å². The van der Waals surface area contributed by atoms with Gasteiger partial charge in [0, 0.05) is 7.05 Å². The minimum atomic E-state index is -1.02. The minimum absolute atomic E-state index is 0.118. The van der Waals surface area contributed by atoms with Crippen LogP contribution in [0.1, 0.15) is 16.2 Å². The zero-order chi connectivity index (χ0) is 13.1. The number of carbonyl (C=O) groups is 1. The zero-order valence-electron chi connectivity index (χ0n) is 9.63. The minimum Gasteiger partial charge on any atom is -0.486 e. The summed E-state index contributed by atoms with van der Waals surface area (Å²) in [5, 5.41) is 13.4. The van der Waals surface area contributed by atoms with E-state index in [0.29, 0.717) is 16.5 Å². The van der Waals surface area contributed by atoms with Gasteiger partial charge in [0.2, 0.25) is 0 Å². The van der Waals surface area contributed by atoms with Crippen LogP contribution in [-0.2, 0) is 13.7 Å². The number of para-hydroxylation sites is 1. The summed E-state index contributed by atoms with van der Waals surface area (Å²) >= 11 is 5.93. The van der Waals surface area contributed by atoms with Gasteiger partial charge in [0.05, 0.1) is 5.02 Å². The number of aryl methyl sites for hydroxylation is 1. The second-order valence-corrected chi connectivity index (χ2v) is 4.08. The standard InChI is InChI=1S/C12H11ClN2O3/c1-15-10(12(16)17)6-8(14-15)7-18-11-5-3-2-4-9(11)13/h2-6H,7H2,1H3,(H,16,17). The summed E-state index contributed by atoms with van der Waals surface area (Å²) < 4.78 is 6.77. The van der Waals surface area contributed by atoms with E-state index >= 15 is 0 Å². The number of hydrogen-bond donors (Lipinski definition) is 1. The van der Waals surface area contributed by atoms with Gasteiger partial charge in [0.1, 0.15) is 23.7 Å². The molecule has 0 fully saturated rings. The van der Waals surface area contributed by atoms with Crippen molar-refractivity contribution >= 4 is 17.6 Å². The molecule has 6 heteroatoms. The van der Waals surface area contributed by atoms with E-state index in [0.717, 1.165) is 0 Å². The maximum absolute atomic E-state index is 10.8. The monoisotopic (exact) mass is 266 g/mol. The van der Waals surface area contributed by atoms with Crippen LogP contribution in [0.2, 0.25) is 5.02 Å². The van der Waals surface area contributed by atoms with Crippen LogP contribution in [-0.4, -0.2) is 20.9 Å². The molecule has 5 nitrogen and oxygen atoms in total. The number of halogens is 1. The molecule has 1 aromatic carbocycles. The first-order valence-corrected chi connectivity index (χ1v) is 5.59. The second kappa shape index (κ2) is 5.10. The van der Waals surface area contributed by atoms with E-state index in [1.807, 2.05) is 6.07 Å². The fourth-order valence-corrected chi connectivity index (χ4v) is 1.70. The third-order valence-electron chi connectivity index (χ3n) is 2.36. The highest BCUT2D eigenvalue weighted by Gasteiger charge is 2.12. The van der Waals surface area contributed by atoms with Crippen molar-refractivity contribution in [2.75, 3.05) is 0 Å². The van der Waals surface area contributed by atoms with Crippen molar-refractivity contribution in [1.29, 1.82) is 0 Å². The predicted molar refractivity (Wildman–Crippen MR) is 66.0 cm³/mol. The molecule has 0 spiro atoms. The Balaban J connectivity index is 2.09. The van der Waals surface area contributed by atoms with Gasteiger partial charge >= 0.3 is 5.97 Å². The number of ether oxygens (including phenoxy) is 1. The molecule has 0 aliphatic heterocycles. The smallest absolute Gasteiger partial charge is 0.354 e. The van der Waals surface area contributed by atoms with Crippen molar-refractivity contribution in [3.63, 3.8) is 0 Å². The molecular weight excluding hydrogens is 256 g/mol. The van der Waals surface area contributed by atoms with Gasteiger partial charge in [-0.05, 0) is 18.2 Å². The van der Waals surface area contributed by atoms with Crippen LogP contribution in [0.3, 0.4) is 0 Å². The van der Waals surface area contributed by atoms with Crippen molar-refractivity contribution in [3.8, 4) is 5.75 Å². The van der Waals surface area contributed by atoms with Gasteiger partial charge in [-0.1, -0.05) is 23.7 Å². The summed E-state index contributed by atoms with van der Waals surface area (Å²) in [6.07, 6.45) is 0. The van der Waals surface area contributed by atoms with Crippen LogP contribution in [0, 0.1) is 0 Å². The fraction of sp³-hybridized carbons (Fsp3) is 0.167. The van der Waals surface area contributed by atoms with Crippen molar-refractivity contribution in [1.82, 2.24) is 9.78 Å². The average Bonchev–Trinajstić information content (AvgIpc) is 2.70.